The lowest BCUT2D eigenvalue weighted by Crippen LogP contribution is -2.56. The van der Waals surface area contributed by atoms with E-state index < -0.39 is 16.8 Å². The average Bonchev–Trinajstić information content (AvgIpc) is 2.63. The van der Waals surface area contributed by atoms with Gasteiger partial charge in [-0.15, -0.1) is 0 Å². The van der Waals surface area contributed by atoms with E-state index in [9.17, 15) is 9.18 Å². The van der Waals surface area contributed by atoms with E-state index in [-0.39, 0.29) is 17.3 Å². The van der Waals surface area contributed by atoms with Gasteiger partial charge in [-0.2, -0.15) is 0 Å². The standard InChI is InChI=1S/C21H28FN5O/c1-13-7-8-16(12-25-13)26-15-9-10-18(22)17(11-15)21(5,24)20(3,4)19(28)27(6)14(2)23/h7-12,26H,2,23-24H2,1,3-6H3/t21-/m1/s1. The van der Waals surface area contributed by atoms with Gasteiger partial charge in [0.2, 0.25) is 5.91 Å². The molecule has 150 valence electrons. The zero-order valence-electron chi connectivity index (χ0n) is 17.0. The number of pyridine rings is 1. The maximum absolute atomic E-state index is 14.7. The molecular formula is C21H28FN5O. The molecule has 0 aliphatic carbocycles. The van der Waals surface area contributed by atoms with Gasteiger partial charge in [-0.05, 0) is 58.0 Å². The van der Waals surface area contributed by atoms with Gasteiger partial charge in [0.1, 0.15) is 5.82 Å². The lowest BCUT2D eigenvalue weighted by Gasteiger charge is -2.42. The fraction of sp³-hybridized carbons (Fsp3) is 0.333. The molecule has 1 amide bonds. The second kappa shape index (κ2) is 7.59. The van der Waals surface area contributed by atoms with Crippen molar-refractivity contribution in [3.8, 4) is 0 Å². The Hall–Kier alpha value is -2.93. The van der Waals surface area contributed by atoms with Gasteiger partial charge in [-0.25, -0.2) is 4.39 Å². The van der Waals surface area contributed by atoms with Crippen molar-refractivity contribution in [1.82, 2.24) is 9.88 Å². The van der Waals surface area contributed by atoms with Crippen molar-refractivity contribution in [1.29, 1.82) is 0 Å². The number of nitrogens with two attached hydrogens (primary N) is 2. The van der Waals surface area contributed by atoms with E-state index >= 15 is 0 Å². The topological polar surface area (TPSA) is 97.3 Å². The molecule has 1 heterocycles. The molecule has 2 aromatic rings. The van der Waals surface area contributed by atoms with Crippen LogP contribution >= 0.6 is 0 Å². The minimum atomic E-state index is -1.32. The first kappa shape index (κ1) is 21.4. The van der Waals surface area contributed by atoms with Crippen LogP contribution in [0.5, 0.6) is 0 Å². The van der Waals surface area contributed by atoms with Crippen molar-refractivity contribution in [3.63, 3.8) is 0 Å². The van der Waals surface area contributed by atoms with Crippen LogP contribution in [0.2, 0.25) is 0 Å². The molecule has 0 unspecified atom stereocenters. The van der Waals surface area contributed by atoms with Gasteiger partial charge >= 0.3 is 0 Å². The number of rotatable bonds is 6. The number of carbonyl (C=O) groups is 1. The highest BCUT2D eigenvalue weighted by molar-refractivity contribution is 5.85. The van der Waals surface area contributed by atoms with Crippen molar-refractivity contribution in [3.05, 3.63) is 66.0 Å². The highest BCUT2D eigenvalue weighted by atomic mass is 19.1. The molecule has 0 aliphatic heterocycles. The zero-order valence-corrected chi connectivity index (χ0v) is 17.0. The number of amides is 1. The Morgan fingerprint density at radius 1 is 1.21 bits per heavy atom. The molecule has 0 spiro atoms. The fourth-order valence-electron chi connectivity index (χ4n) is 2.82. The Labute approximate surface area is 165 Å². The van der Waals surface area contributed by atoms with Crippen molar-refractivity contribution < 1.29 is 9.18 Å². The average molecular weight is 385 g/mol. The van der Waals surface area contributed by atoms with E-state index in [0.29, 0.717) is 5.69 Å². The number of halogens is 1. The molecular weight excluding hydrogens is 357 g/mol. The first-order valence-electron chi connectivity index (χ1n) is 8.89. The minimum Gasteiger partial charge on any atom is -0.386 e. The molecule has 1 aromatic carbocycles. The third kappa shape index (κ3) is 3.99. The quantitative estimate of drug-likeness (QED) is 0.708. The maximum atomic E-state index is 14.7. The van der Waals surface area contributed by atoms with Gasteiger partial charge in [-0.1, -0.05) is 6.58 Å². The third-order valence-electron chi connectivity index (χ3n) is 5.29. The first-order chi connectivity index (χ1) is 12.9. The zero-order chi connectivity index (χ0) is 21.3. The molecule has 7 heteroatoms. The predicted octanol–water partition coefficient (Wildman–Crippen LogP) is 3.36. The van der Waals surface area contributed by atoms with E-state index in [1.54, 1.807) is 39.1 Å². The summed E-state index contributed by atoms with van der Waals surface area (Å²) >= 11 is 0. The molecule has 2 rings (SSSR count). The maximum Gasteiger partial charge on any atom is 0.235 e. The largest absolute Gasteiger partial charge is 0.386 e. The summed E-state index contributed by atoms with van der Waals surface area (Å²) in [5.41, 5.74) is 12.2. The molecule has 5 N–H and O–H groups in total. The Balaban J connectivity index is 2.42. The summed E-state index contributed by atoms with van der Waals surface area (Å²) in [6.07, 6.45) is 1.69. The Morgan fingerprint density at radius 3 is 2.36 bits per heavy atom. The summed E-state index contributed by atoms with van der Waals surface area (Å²) in [7, 11) is 1.52. The van der Waals surface area contributed by atoms with Crippen LogP contribution in [-0.2, 0) is 10.3 Å². The van der Waals surface area contributed by atoms with Crippen LogP contribution in [-0.4, -0.2) is 22.8 Å². The predicted molar refractivity (Wildman–Crippen MR) is 110 cm³/mol. The Morgan fingerprint density at radius 2 is 1.82 bits per heavy atom. The number of carbonyl (C=O) groups excluding carboxylic acids is 1. The van der Waals surface area contributed by atoms with Crippen molar-refractivity contribution in [2.24, 2.45) is 16.9 Å². The molecule has 1 aromatic heterocycles. The van der Waals surface area contributed by atoms with Gasteiger partial charge in [0.25, 0.3) is 0 Å². The van der Waals surface area contributed by atoms with Crippen LogP contribution in [0.3, 0.4) is 0 Å². The van der Waals surface area contributed by atoms with Crippen molar-refractivity contribution >= 4 is 17.3 Å². The SMILES string of the molecule is C=C(N)N(C)C(=O)C(C)(C)[C@](C)(N)c1cc(Nc2ccc(C)nc2)ccc1F. The normalized spacial score (nSPS) is 13.5. The van der Waals surface area contributed by atoms with E-state index in [2.05, 4.69) is 16.9 Å². The molecule has 6 nitrogen and oxygen atoms in total. The summed E-state index contributed by atoms with van der Waals surface area (Å²) in [6.45, 7) is 10.4. The summed E-state index contributed by atoms with van der Waals surface area (Å²) in [6, 6.07) is 8.30. The number of nitrogens with zero attached hydrogens (tertiary/aromatic N) is 2. The van der Waals surface area contributed by atoms with E-state index in [1.165, 1.54) is 18.0 Å². The summed E-state index contributed by atoms with van der Waals surface area (Å²) in [5.74, 6) is -0.755. The van der Waals surface area contributed by atoms with Crippen LogP contribution in [0.1, 0.15) is 32.0 Å². The summed E-state index contributed by atoms with van der Waals surface area (Å²) in [4.78, 5) is 18.4. The molecule has 0 saturated carbocycles. The highest BCUT2D eigenvalue weighted by Gasteiger charge is 2.47. The van der Waals surface area contributed by atoms with Crippen molar-refractivity contribution in [2.75, 3.05) is 12.4 Å². The number of anilines is 2. The van der Waals surface area contributed by atoms with Crippen LogP contribution < -0.4 is 16.8 Å². The van der Waals surface area contributed by atoms with Gasteiger partial charge in [-0.3, -0.25) is 9.78 Å². The molecule has 0 aliphatic rings. The van der Waals surface area contributed by atoms with Gasteiger partial charge in [0.05, 0.1) is 28.7 Å². The van der Waals surface area contributed by atoms with Crippen LogP contribution in [0.4, 0.5) is 15.8 Å². The van der Waals surface area contributed by atoms with Gasteiger partial charge < -0.3 is 21.7 Å². The van der Waals surface area contributed by atoms with Crippen LogP contribution in [0.15, 0.2) is 48.9 Å². The van der Waals surface area contributed by atoms with Gasteiger partial charge in [0.15, 0.2) is 0 Å². The Bertz CT molecular complexity index is 890. The molecule has 1 atom stereocenters. The van der Waals surface area contributed by atoms with Crippen LogP contribution in [0, 0.1) is 18.2 Å². The number of nitrogens with one attached hydrogen (secondary N) is 1. The summed E-state index contributed by atoms with van der Waals surface area (Å²) < 4.78 is 14.7. The van der Waals surface area contributed by atoms with Gasteiger partial charge in [0, 0.05) is 24.0 Å². The number of aromatic nitrogens is 1. The number of hydrogen-bond acceptors (Lipinski definition) is 5. The molecule has 28 heavy (non-hydrogen) atoms. The Kier molecular flexibility index (Phi) is 5.80. The second-order valence-electron chi connectivity index (χ2n) is 7.69. The highest BCUT2D eigenvalue weighted by Crippen LogP contribution is 2.41. The fourth-order valence-corrected chi connectivity index (χ4v) is 2.82. The lowest BCUT2D eigenvalue weighted by molar-refractivity contribution is -0.141. The molecule has 0 bridgehead atoms. The third-order valence-corrected chi connectivity index (χ3v) is 5.29. The van der Waals surface area contributed by atoms with E-state index in [0.717, 1.165) is 11.4 Å². The summed E-state index contributed by atoms with van der Waals surface area (Å²) in [5, 5.41) is 3.18. The number of benzene rings is 1. The van der Waals surface area contributed by atoms with Crippen LogP contribution in [0.25, 0.3) is 0 Å². The van der Waals surface area contributed by atoms with E-state index in [4.69, 9.17) is 11.5 Å². The van der Waals surface area contributed by atoms with E-state index in [1.807, 2.05) is 19.1 Å². The smallest absolute Gasteiger partial charge is 0.235 e. The van der Waals surface area contributed by atoms with Crippen molar-refractivity contribution in [2.45, 2.75) is 33.2 Å². The second-order valence-corrected chi connectivity index (χ2v) is 7.69. The lowest BCUT2D eigenvalue weighted by atomic mass is 9.68. The molecule has 0 fully saturated rings. The minimum absolute atomic E-state index is 0.0941. The molecule has 0 saturated heterocycles. The molecule has 0 radical (unpaired) electrons. The number of hydrogen-bond donors (Lipinski definition) is 3. The monoisotopic (exact) mass is 385 g/mol. The number of aryl methyl sites for hydroxylation is 1. The first-order valence-corrected chi connectivity index (χ1v) is 8.89.